The predicted molar refractivity (Wildman–Crippen MR) is 133 cm³/mol. The van der Waals surface area contributed by atoms with Gasteiger partial charge in [0.2, 0.25) is 5.95 Å². The number of fused-ring (bicyclic) bond motifs is 1. The molecule has 0 aliphatic heterocycles. The Balaban J connectivity index is 1.78. The number of aryl methyl sites for hydroxylation is 1. The summed E-state index contributed by atoms with van der Waals surface area (Å²) in [5, 5.41) is 13.1. The summed E-state index contributed by atoms with van der Waals surface area (Å²) in [6.07, 6.45) is 3.46. The number of carboxylic acids is 1. The molecule has 0 bridgehead atoms. The zero-order valence-electron chi connectivity index (χ0n) is 20.5. The highest BCUT2D eigenvalue weighted by Gasteiger charge is 2.35. The Hall–Kier alpha value is -3.02. The standard InChI is InChI=1S/C27H35N3O3/c1-16(2)33-21-9-7-19(8-10-21)28-26-29-23-13-22(25(31)32)18(4)12-24(23)30(26)20-11-17(3)14-27(5,6)15-20/h7-10,12-13,16-17,20H,11,14-15H2,1-6H3,(H,28,29)(H,31,32). The number of ether oxygens (including phenoxy) is 1. The molecule has 6 heteroatoms. The summed E-state index contributed by atoms with van der Waals surface area (Å²) in [6, 6.07) is 11.8. The van der Waals surface area contributed by atoms with Gasteiger partial charge >= 0.3 is 5.97 Å². The van der Waals surface area contributed by atoms with Gasteiger partial charge in [-0.3, -0.25) is 0 Å². The van der Waals surface area contributed by atoms with Crippen molar-refractivity contribution in [1.29, 1.82) is 0 Å². The van der Waals surface area contributed by atoms with Gasteiger partial charge in [-0.15, -0.1) is 0 Å². The van der Waals surface area contributed by atoms with Gasteiger partial charge in [0.25, 0.3) is 0 Å². The van der Waals surface area contributed by atoms with E-state index in [2.05, 4.69) is 30.7 Å². The van der Waals surface area contributed by atoms with Crippen molar-refractivity contribution in [3.8, 4) is 5.75 Å². The van der Waals surface area contributed by atoms with Gasteiger partial charge in [-0.25, -0.2) is 9.78 Å². The molecule has 0 radical (unpaired) electrons. The van der Waals surface area contributed by atoms with Crippen LogP contribution in [0.5, 0.6) is 5.75 Å². The van der Waals surface area contributed by atoms with Crippen molar-refractivity contribution in [3.63, 3.8) is 0 Å². The molecule has 1 saturated carbocycles. The van der Waals surface area contributed by atoms with E-state index in [0.29, 0.717) is 17.0 Å². The zero-order chi connectivity index (χ0) is 23.9. The van der Waals surface area contributed by atoms with E-state index in [9.17, 15) is 9.90 Å². The third-order valence-corrected chi connectivity index (χ3v) is 6.48. The van der Waals surface area contributed by atoms with Crippen molar-refractivity contribution in [3.05, 3.63) is 47.5 Å². The van der Waals surface area contributed by atoms with E-state index >= 15 is 0 Å². The number of nitrogens with zero attached hydrogens (tertiary/aromatic N) is 2. The van der Waals surface area contributed by atoms with Gasteiger partial charge in [0, 0.05) is 11.7 Å². The number of hydrogen-bond acceptors (Lipinski definition) is 4. The first-order valence-corrected chi connectivity index (χ1v) is 11.8. The number of hydrogen-bond donors (Lipinski definition) is 2. The first-order valence-electron chi connectivity index (χ1n) is 11.8. The van der Waals surface area contributed by atoms with E-state index in [4.69, 9.17) is 9.72 Å². The molecule has 1 aliphatic rings. The first kappa shape index (κ1) is 23.1. The number of aromatic nitrogens is 2. The fourth-order valence-corrected chi connectivity index (χ4v) is 5.44. The number of carbonyl (C=O) groups is 1. The molecule has 1 heterocycles. The molecule has 1 aliphatic carbocycles. The molecule has 3 aromatic rings. The SMILES string of the molecule is Cc1cc2c(cc1C(=O)O)nc(Nc1ccc(OC(C)C)cc1)n2C1CC(C)CC(C)(C)C1. The van der Waals surface area contributed by atoms with Crippen LogP contribution in [0.25, 0.3) is 11.0 Å². The van der Waals surface area contributed by atoms with Crippen molar-refractivity contribution >= 4 is 28.6 Å². The highest BCUT2D eigenvalue weighted by atomic mass is 16.5. The Morgan fingerprint density at radius 1 is 1.21 bits per heavy atom. The molecule has 4 rings (SSSR count). The van der Waals surface area contributed by atoms with E-state index in [0.717, 1.165) is 41.3 Å². The monoisotopic (exact) mass is 449 g/mol. The van der Waals surface area contributed by atoms with Crippen LogP contribution in [0.4, 0.5) is 11.6 Å². The fourth-order valence-electron chi connectivity index (χ4n) is 5.44. The Labute approximate surface area is 196 Å². The van der Waals surface area contributed by atoms with Crippen molar-refractivity contribution < 1.29 is 14.6 Å². The Morgan fingerprint density at radius 2 is 1.91 bits per heavy atom. The van der Waals surface area contributed by atoms with E-state index in [1.54, 1.807) is 6.07 Å². The highest BCUT2D eigenvalue weighted by Crippen LogP contribution is 2.46. The molecule has 0 saturated heterocycles. The maximum atomic E-state index is 11.7. The molecule has 2 atom stereocenters. The van der Waals surface area contributed by atoms with Crippen molar-refractivity contribution in [2.24, 2.45) is 11.3 Å². The van der Waals surface area contributed by atoms with Gasteiger partial charge in [-0.05, 0) is 93.3 Å². The minimum Gasteiger partial charge on any atom is -0.491 e. The van der Waals surface area contributed by atoms with Crippen LogP contribution >= 0.6 is 0 Å². The predicted octanol–water partition coefficient (Wildman–Crippen LogP) is 6.96. The van der Waals surface area contributed by atoms with Crippen molar-refractivity contribution in [2.45, 2.75) is 73.0 Å². The molecule has 2 N–H and O–H groups in total. The maximum Gasteiger partial charge on any atom is 0.336 e. The summed E-state index contributed by atoms with van der Waals surface area (Å²) in [6.45, 7) is 12.9. The van der Waals surface area contributed by atoms with Crippen LogP contribution in [-0.4, -0.2) is 26.7 Å². The third kappa shape index (κ3) is 5.00. The quantitative estimate of drug-likeness (QED) is 0.425. The van der Waals surface area contributed by atoms with Gasteiger partial charge in [-0.2, -0.15) is 0 Å². The van der Waals surface area contributed by atoms with Crippen LogP contribution in [0.15, 0.2) is 36.4 Å². The van der Waals surface area contributed by atoms with Crippen molar-refractivity contribution in [1.82, 2.24) is 9.55 Å². The van der Waals surface area contributed by atoms with Gasteiger partial charge in [0.15, 0.2) is 0 Å². The Bertz CT molecular complexity index is 1160. The molecule has 33 heavy (non-hydrogen) atoms. The minimum atomic E-state index is -0.924. The number of benzene rings is 2. The molecule has 1 aromatic heterocycles. The Morgan fingerprint density at radius 3 is 2.52 bits per heavy atom. The van der Waals surface area contributed by atoms with Crippen LogP contribution in [0.1, 0.15) is 75.8 Å². The van der Waals surface area contributed by atoms with Gasteiger partial charge in [0.05, 0.1) is 22.7 Å². The van der Waals surface area contributed by atoms with Gasteiger partial charge in [-0.1, -0.05) is 20.8 Å². The van der Waals surface area contributed by atoms with Crippen LogP contribution in [0.2, 0.25) is 0 Å². The normalized spacial score (nSPS) is 20.2. The van der Waals surface area contributed by atoms with E-state index in [1.165, 1.54) is 6.42 Å². The fraction of sp³-hybridized carbons (Fsp3) is 0.481. The summed E-state index contributed by atoms with van der Waals surface area (Å²) in [4.78, 5) is 16.6. The van der Waals surface area contributed by atoms with Gasteiger partial charge < -0.3 is 19.7 Å². The molecule has 0 amide bonds. The summed E-state index contributed by atoms with van der Waals surface area (Å²) >= 11 is 0. The average molecular weight is 450 g/mol. The number of imidazole rings is 1. The van der Waals surface area contributed by atoms with E-state index in [-0.39, 0.29) is 17.6 Å². The van der Waals surface area contributed by atoms with E-state index < -0.39 is 5.97 Å². The number of rotatable bonds is 6. The maximum absolute atomic E-state index is 11.7. The summed E-state index contributed by atoms with van der Waals surface area (Å²) in [7, 11) is 0. The summed E-state index contributed by atoms with van der Waals surface area (Å²) in [5.74, 6) is 1.26. The molecular weight excluding hydrogens is 414 g/mol. The van der Waals surface area contributed by atoms with E-state index in [1.807, 2.05) is 51.1 Å². The highest BCUT2D eigenvalue weighted by molar-refractivity contribution is 5.95. The summed E-state index contributed by atoms with van der Waals surface area (Å²) < 4.78 is 8.06. The largest absolute Gasteiger partial charge is 0.491 e. The number of aromatic carboxylic acids is 1. The molecule has 176 valence electrons. The van der Waals surface area contributed by atoms with Gasteiger partial charge in [0.1, 0.15) is 5.75 Å². The number of nitrogens with one attached hydrogen (secondary N) is 1. The summed E-state index contributed by atoms with van der Waals surface area (Å²) in [5.41, 5.74) is 3.89. The second-order valence-corrected chi connectivity index (χ2v) is 10.6. The smallest absolute Gasteiger partial charge is 0.336 e. The molecular formula is C27H35N3O3. The van der Waals surface area contributed by atoms with Crippen LogP contribution in [-0.2, 0) is 0 Å². The first-order chi connectivity index (χ1) is 15.5. The zero-order valence-corrected chi connectivity index (χ0v) is 20.5. The second-order valence-electron chi connectivity index (χ2n) is 10.6. The second kappa shape index (κ2) is 8.73. The third-order valence-electron chi connectivity index (χ3n) is 6.48. The lowest BCUT2D eigenvalue weighted by Gasteiger charge is -2.40. The minimum absolute atomic E-state index is 0.122. The number of anilines is 2. The topological polar surface area (TPSA) is 76.4 Å². The van der Waals surface area contributed by atoms with Crippen LogP contribution in [0.3, 0.4) is 0 Å². The van der Waals surface area contributed by atoms with Crippen LogP contribution in [0, 0.1) is 18.3 Å². The lowest BCUT2D eigenvalue weighted by atomic mass is 9.70. The lowest BCUT2D eigenvalue weighted by Crippen LogP contribution is -2.29. The Kier molecular flexibility index (Phi) is 6.12. The molecule has 0 spiro atoms. The molecule has 1 fully saturated rings. The van der Waals surface area contributed by atoms with Crippen molar-refractivity contribution in [2.75, 3.05) is 5.32 Å². The molecule has 6 nitrogen and oxygen atoms in total. The van der Waals surface area contributed by atoms with Crippen LogP contribution < -0.4 is 10.1 Å². The molecule has 2 aromatic carbocycles. The number of carboxylic acid groups (broad SMARTS) is 1. The molecule has 2 unspecified atom stereocenters. The average Bonchev–Trinajstić information content (AvgIpc) is 3.03. The lowest BCUT2D eigenvalue weighted by molar-refractivity contribution is 0.0696.